The number of nitrogens with one attached hydrogen (secondary N) is 1. The van der Waals surface area contributed by atoms with E-state index in [-0.39, 0.29) is 17.2 Å². The molecule has 0 aliphatic heterocycles. The van der Waals surface area contributed by atoms with Crippen molar-refractivity contribution in [2.75, 3.05) is 7.11 Å². The Hall–Kier alpha value is -2.22. The zero-order valence-corrected chi connectivity index (χ0v) is 19.3. The first-order valence-electron chi connectivity index (χ1n) is 9.26. The van der Waals surface area contributed by atoms with Crippen LogP contribution in [0.3, 0.4) is 0 Å². The minimum absolute atomic E-state index is 0.118. The predicted molar refractivity (Wildman–Crippen MR) is 121 cm³/mol. The molecule has 1 aromatic heterocycles. The van der Waals surface area contributed by atoms with E-state index in [2.05, 4.69) is 15.5 Å². The second-order valence-corrected chi connectivity index (χ2v) is 8.90. The van der Waals surface area contributed by atoms with Gasteiger partial charge in [0, 0.05) is 22.7 Å². The number of rotatable bonds is 7. The van der Waals surface area contributed by atoms with E-state index in [4.69, 9.17) is 27.9 Å². The summed E-state index contributed by atoms with van der Waals surface area (Å²) in [6.45, 7) is 3.71. The number of halogens is 2. The molecule has 0 unspecified atom stereocenters. The number of benzene rings is 2. The molecule has 1 heterocycles. The fraction of sp³-hybridized carbons (Fsp3) is 0.286. The van der Waals surface area contributed by atoms with Crippen molar-refractivity contribution in [2.45, 2.75) is 30.3 Å². The monoisotopic (exact) mass is 464 g/mol. The van der Waals surface area contributed by atoms with Crippen LogP contribution in [0, 0.1) is 0 Å². The van der Waals surface area contributed by atoms with Crippen molar-refractivity contribution < 1.29 is 9.53 Å². The second kappa shape index (κ2) is 9.73. The van der Waals surface area contributed by atoms with Crippen LogP contribution < -0.4 is 10.1 Å². The molecule has 0 fully saturated rings. The summed E-state index contributed by atoms with van der Waals surface area (Å²) in [6.07, 6.45) is 0. The number of methoxy groups -OCH3 is 1. The Morgan fingerprint density at radius 1 is 1.13 bits per heavy atom. The van der Waals surface area contributed by atoms with Gasteiger partial charge in [0.2, 0.25) is 5.91 Å². The number of amides is 1. The lowest BCUT2D eigenvalue weighted by atomic mass is 10.1. The van der Waals surface area contributed by atoms with Gasteiger partial charge in [-0.15, -0.1) is 10.2 Å². The van der Waals surface area contributed by atoms with Gasteiger partial charge in [0.1, 0.15) is 5.75 Å². The standard InChI is InChI=1S/C21H22Cl2N4O2S/c1-12(17-10-7-15(22)11-18(17)23)24-20(28)13(2)30-21-26-25-19(27(21)3)14-5-8-16(29-4)9-6-14/h5-13H,1-4H3,(H,24,28)/t12-,13-/m0/s1. The molecular weight excluding hydrogens is 443 g/mol. The number of ether oxygens (including phenoxy) is 1. The molecule has 1 N–H and O–H groups in total. The van der Waals surface area contributed by atoms with Gasteiger partial charge in [-0.3, -0.25) is 4.79 Å². The number of aromatic nitrogens is 3. The van der Waals surface area contributed by atoms with Gasteiger partial charge in [-0.2, -0.15) is 0 Å². The molecular formula is C21H22Cl2N4O2S. The SMILES string of the molecule is COc1ccc(-c2nnc(S[C@@H](C)C(=O)N[C@@H](C)c3ccc(Cl)cc3Cl)n2C)cc1. The van der Waals surface area contributed by atoms with Crippen LogP contribution in [0.2, 0.25) is 10.0 Å². The van der Waals surface area contributed by atoms with Gasteiger partial charge in [0.15, 0.2) is 11.0 Å². The number of thioether (sulfide) groups is 1. The summed E-state index contributed by atoms with van der Waals surface area (Å²) in [6, 6.07) is 12.6. The quantitative estimate of drug-likeness (QED) is 0.489. The Labute approximate surface area is 189 Å². The summed E-state index contributed by atoms with van der Waals surface area (Å²) >= 11 is 13.5. The van der Waals surface area contributed by atoms with Gasteiger partial charge in [-0.05, 0) is 55.8 Å². The van der Waals surface area contributed by atoms with E-state index < -0.39 is 0 Å². The number of hydrogen-bond donors (Lipinski definition) is 1. The van der Waals surface area contributed by atoms with E-state index in [9.17, 15) is 4.79 Å². The molecule has 0 spiro atoms. The van der Waals surface area contributed by atoms with E-state index in [0.29, 0.717) is 21.0 Å². The first-order chi connectivity index (χ1) is 14.3. The molecule has 0 aliphatic carbocycles. The fourth-order valence-corrected chi connectivity index (χ4v) is 4.28. The molecule has 30 heavy (non-hydrogen) atoms. The second-order valence-electron chi connectivity index (χ2n) is 6.75. The third-order valence-electron chi connectivity index (χ3n) is 4.62. The Balaban J connectivity index is 1.67. The number of hydrogen-bond acceptors (Lipinski definition) is 5. The van der Waals surface area contributed by atoms with Gasteiger partial charge >= 0.3 is 0 Å². The fourth-order valence-electron chi connectivity index (χ4n) is 2.88. The summed E-state index contributed by atoms with van der Waals surface area (Å²) in [5.74, 6) is 1.37. The smallest absolute Gasteiger partial charge is 0.233 e. The molecule has 3 aromatic rings. The lowest BCUT2D eigenvalue weighted by Crippen LogP contribution is -2.33. The molecule has 0 bridgehead atoms. The van der Waals surface area contributed by atoms with E-state index in [1.54, 1.807) is 19.2 Å². The third kappa shape index (κ3) is 5.09. The maximum atomic E-state index is 12.7. The van der Waals surface area contributed by atoms with Crippen molar-refractivity contribution in [3.63, 3.8) is 0 Å². The highest BCUT2D eigenvalue weighted by molar-refractivity contribution is 8.00. The molecule has 0 radical (unpaired) electrons. The van der Waals surface area contributed by atoms with E-state index in [1.807, 2.05) is 55.8 Å². The van der Waals surface area contributed by atoms with E-state index in [1.165, 1.54) is 11.8 Å². The summed E-state index contributed by atoms with van der Waals surface area (Å²) < 4.78 is 7.06. The lowest BCUT2D eigenvalue weighted by molar-refractivity contribution is -0.120. The highest BCUT2D eigenvalue weighted by Crippen LogP contribution is 2.29. The average molecular weight is 465 g/mol. The van der Waals surface area contributed by atoms with Crippen molar-refractivity contribution >= 4 is 40.9 Å². The maximum Gasteiger partial charge on any atom is 0.233 e. The van der Waals surface area contributed by atoms with E-state index >= 15 is 0 Å². The lowest BCUT2D eigenvalue weighted by Gasteiger charge is -2.18. The van der Waals surface area contributed by atoms with Crippen molar-refractivity contribution in [1.29, 1.82) is 0 Å². The number of carbonyl (C=O) groups is 1. The van der Waals surface area contributed by atoms with Gasteiger partial charge in [0.25, 0.3) is 0 Å². The topological polar surface area (TPSA) is 69.0 Å². The first-order valence-corrected chi connectivity index (χ1v) is 10.9. The van der Waals surface area contributed by atoms with Crippen LogP contribution in [0.1, 0.15) is 25.5 Å². The largest absolute Gasteiger partial charge is 0.497 e. The molecule has 0 saturated carbocycles. The molecule has 1 amide bonds. The summed E-state index contributed by atoms with van der Waals surface area (Å²) in [7, 11) is 3.50. The normalized spacial score (nSPS) is 13.0. The van der Waals surface area contributed by atoms with Crippen LogP contribution in [0.15, 0.2) is 47.6 Å². The van der Waals surface area contributed by atoms with Crippen LogP contribution >= 0.6 is 35.0 Å². The minimum Gasteiger partial charge on any atom is -0.497 e. The van der Waals surface area contributed by atoms with Crippen LogP contribution in [-0.2, 0) is 11.8 Å². The zero-order valence-electron chi connectivity index (χ0n) is 17.0. The molecule has 2 atom stereocenters. The number of carbonyl (C=O) groups excluding carboxylic acids is 1. The van der Waals surface area contributed by atoms with Gasteiger partial charge in [0.05, 0.1) is 18.4 Å². The molecule has 9 heteroatoms. The van der Waals surface area contributed by atoms with E-state index in [0.717, 1.165) is 16.9 Å². The Kier molecular flexibility index (Phi) is 7.28. The van der Waals surface area contributed by atoms with Gasteiger partial charge < -0.3 is 14.6 Å². The van der Waals surface area contributed by atoms with Crippen LogP contribution in [0.5, 0.6) is 5.75 Å². The first kappa shape index (κ1) is 22.5. The highest BCUT2D eigenvalue weighted by atomic mass is 35.5. The van der Waals surface area contributed by atoms with Crippen molar-refractivity contribution in [3.8, 4) is 17.1 Å². The van der Waals surface area contributed by atoms with Crippen LogP contribution in [0.4, 0.5) is 0 Å². The van der Waals surface area contributed by atoms with Crippen molar-refractivity contribution in [3.05, 3.63) is 58.1 Å². The molecule has 2 aromatic carbocycles. The Morgan fingerprint density at radius 2 is 1.83 bits per heavy atom. The van der Waals surface area contributed by atoms with Crippen molar-refractivity contribution in [2.24, 2.45) is 7.05 Å². The Bertz CT molecular complexity index is 1040. The number of nitrogens with zero attached hydrogens (tertiary/aromatic N) is 3. The third-order valence-corrected chi connectivity index (χ3v) is 6.32. The predicted octanol–water partition coefficient (Wildman–Crippen LogP) is 5.16. The summed E-state index contributed by atoms with van der Waals surface area (Å²) in [5.41, 5.74) is 1.73. The molecule has 6 nitrogen and oxygen atoms in total. The minimum atomic E-state index is -0.370. The van der Waals surface area contributed by atoms with Gasteiger partial charge in [-0.1, -0.05) is 41.0 Å². The average Bonchev–Trinajstić information content (AvgIpc) is 3.08. The Morgan fingerprint density at radius 3 is 2.47 bits per heavy atom. The summed E-state index contributed by atoms with van der Waals surface area (Å²) in [4.78, 5) is 12.7. The zero-order chi connectivity index (χ0) is 21.8. The summed E-state index contributed by atoms with van der Waals surface area (Å²) in [5, 5.41) is 12.9. The molecule has 0 saturated heterocycles. The van der Waals surface area contributed by atoms with Crippen LogP contribution in [0.25, 0.3) is 11.4 Å². The molecule has 3 rings (SSSR count). The van der Waals surface area contributed by atoms with Gasteiger partial charge in [-0.25, -0.2) is 0 Å². The molecule has 158 valence electrons. The maximum absolute atomic E-state index is 12.7. The van der Waals surface area contributed by atoms with Crippen molar-refractivity contribution in [1.82, 2.24) is 20.1 Å². The molecule has 0 aliphatic rings. The van der Waals surface area contributed by atoms with Crippen LogP contribution in [-0.4, -0.2) is 33.0 Å². The highest BCUT2D eigenvalue weighted by Gasteiger charge is 2.22.